The van der Waals surface area contributed by atoms with Crippen LogP contribution in [0.25, 0.3) is 0 Å². The Morgan fingerprint density at radius 1 is 1.29 bits per heavy atom. The SMILES string of the molecule is ON1BNBNB1. The molecule has 4 nitrogen and oxygen atoms in total. The van der Waals surface area contributed by atoms with Gasteiger partial charge in [0.05, 0.1) is 0 Å². The van der Waals surface area contributed by atoms with Crippen molar-refractivity contribution < 1.29 is 5.21 Å². The van der Waals surface area contributed by atoms with Gasteiger partial charge in [0, 0.05) is 0 Å². The molecule has 1 rings (SSSR count). The summed E-state index contributed by atoms with van der Waals surface area (Å²) in [6, 6.07) is 0. The average Bonchev–Trinajstić information content (AvgIpc) is 1.69. The van der Waals surface area contributed by atoms with E-state index in [1.165, 1.54) is 4.89 Å². The Balaban J connectivity index is 2.12. The highest BCUT2D eigenvalue weighted by Gasteiger charge is 2.08. The predicted molar refractivity (Wildman–Crippen MR) is 31.3 cm³/mol. The molecular formula is H6B3N3O. The third-order valence-corrected chi connectivity index (χ3v) is 0.839. The molecule has 7 heavy (non-hydrogen) atoms. The quantitative estimate of drug-likeness (QED) is 0.276. The fraction of sp³-hybridized carbons (Fsp3) is 0. The molecule has 3 N–H and O–H groups in total. The predicted octanol–water partition coefficient (Wildman–Crippen LogP) is -3.33. The van der Waals surface area contributed by atoms with Gasteiger partial charge in [-0.1, -0.05) is 0 Å². The Morgan fingerprint density at radius 3 is 2.14 bits per heavy atom. The van der Waals surface area contributed by atoms with Crippen LogP contribution in [0.2, 0.25) is 0 Å². The van der Waals surface area contributed by atoms with Crippen molar-refractivity contribution >= 4 is 22.6 Å². The maximum absolute atomic E-state index is 8.62. The molecule has 0 amide bonds. The molecule has 0 aromatic rings. The molecule has 1 fully saturated rings. The summed E-state index contributed by atoms with van der Waals surface area (Å²) in [6.45, 7) is 0. The zero-order chi connectivity index (χ0) is 5.11. The molecule has 36 valence electrons. The lowest BCUT2D eigenvalue weighted by Crippen LogP contribution is -2.56. The van der Waals surface area contributed by atoms with Gasteiger partial charge in [-0.3, -0.25) is 0 Å². The molecule has 0 bridgehead atoms. The first kappa shape index (κ1) is 5.18. The van der Waals surface area contributed by atoms with Crippen molar-refractivity contribution in [3.63, 3.8) is 0 Å². The van der Waals surface area contributed by atoms with E-state index >= 15 is 0 Å². The summed E-state index contributed by atoms with van der Waals surface area (Å²) in [5, 5.41) is 14.4. The van der Waals surface area contributed by atoms with Crippen LogP contribution >= 0.6 is 0 Å². The molecule has 1 aliphatic heterocycles. The zero-order valence-corrected chi connectivity index (χ0v) is 4.02. The van der Waals surface area contributed by atoms with E-state index in [0.29, 0.717) is 15.1 Å². The van der Waals surface area contributed by atoms with Crippen molar-refractivity contribution in [3.8, 4) is 0 Å². The molecule has 0 aliphatic carbocycles. The van der Waals surface area contributed by atoms with Crippen molar-refractivity contribution in [2.75, 3.05) is 0 Å². The summed E-state index contributed by atoms with van der Waals surface area (Å²) in [7, 11) is 1.91. The molecule has 1 heterocycles. The van der Waals surface area contributed by atoms with Crippen molar-refractivity contribution in [2.24, 2.45) is 0 Å². The van der Waals surface area contributed by atoms with E-state index in [1.54, 1.807) is 0 Å². The van der Waals surface area contributed by atoms with Gasteiger partial charge < -0.3 is 15.5 Å². The molecule has 1 saturated heterocycles. The normalized spacial score (nSPS) is 21.9. The fourth-order valence-electron chi connectivity index (χ4n) is 0.514. The van der Waals surface area contributed by atoms with Crippen LogP contribution in [0.15, 0.2) is 0 Å². The van der Waals surface area contributed by atoms with Gasteiger partial charge in [0.1, 0.15) is 0 Å². The third kappa shape index (κ3) is 1.52. The summed E-state index contributed by atoms with van der Waals surface area (Å²) in [6.07, 6.45) is 0. The van der Waals surface area contributed by atoms with Crippen LogP contribution in [-0.4, -0.2) is 32.7 Å². The molecule has 0 aromatic heterocycles. The van der Waals surface area contributed by atoms with Crippen LogP contribution < -0.4 is 10.3 Å². The van der Waals surface area contributed by atoms with E-state index in [0.717, 1.165) is 7.55 Å². The highest BCUT2D eigenvalue weighted by Crippen LogP contribution is 1.68. The van der Waals surface area contributed by atoms with Crippen LogP contribution in [0.5, 0.6) is 0 Å². The Morgan fingerprint density at radius 2 is 1.86 bits per heavy atom. The molecule has 0 aromatic carbocycles. The second-order valence-electron chi connectivity index (χ2n) is 1.50. The second-order valence-corrected chi connectivity index (χ2v) is 1.50. The van der Waals surface area contributed by atoms with Gasteiger partial charge >= 0.3 is 0 Å². The molecular weight excluding hydrogens is 90.5 g/mol. The molecule has 0 radical (unpaired) electrons. The van der Waals surface area contributed by atoms with Crippen molar-refractivity contribution in [2.45, 2.75) is 0 Å². The summed E-state index contributed by atoms with van der Waals surface area (Å²) >= 11 is 0. The Kier molecular flexibility index (Phi) is 1.75. The molecule has 1 aliphatic rings. The van der Waals surface area contributed by atoms with E-state index in [-0.39, 0.29) is 0 Å². The van der Waals surface area contributed by atoms with E-state index in [4.69, 9.17) is 5.21 Å². The smallest absolute Gasteiger partial charge is 0.293 e. The third-order valence-electron chi connectivity index (χ3n) is 0.839. The maximum Gasteiger partial charge on any atom is 0.293 e. The van der Waals surface area contributed by atoms with Crippen LogP contribution in [0.1, 0.15) is 0 Å². The highest BCUT2D eigenvalue weighted by atomic mass is 16.5. The van der Waals surface area contributed by atoms with Gasteiger partial charge in [-0.05, 0) is 0 Å². The van der Waals surface area contributed by atoms with E-state index in [1.807, 2.05) is 0 Å². The number of rotatable bonds is 0. The van der Waals surface area contributed by atoms with Gasteiger partial charge in [0.25, 0.3) is 22.6 Å². The van der Waals surface area contributed by atoms with Crippen molar-refractivity contribution in [3.05, 3.63) is 0 Å². The summed E-state index contributed by atoms with van der Waals surface area (Å²) < 4.78 is 0. The Hall–Kier alpha value is 0.0348. The van der Waals surface area contributed by atoms with E-state index in [9.17, 15) is 0 Å². The topological polar surface area (TPSA) is 47.5 Å². The monoisotopic (exact) mass is 97.1 g/mol. The number of hydrogen-bond acceptors (Lipinski definition) is 4. The highest BCUT2D eigenvalue weighted by molar-refractivity contribution is 6.64. The Bertz CT molecular complexity index is 52.1. The van der Waals surface area contributed by atoms with Crippen LogP contribution in [0.3, 0.4) is 0 Å². The maximum atomic E-state index is 8.62. The minimum atomic E-state index is 0.562. The van der Waals surface area contributed by atoms with Gasteiger partial charge in [0.2, 0.25) is 0 Å². The summed E-state index contributed by atoms with van der Waals surface area (Å²) in [5.74, 6) is 0. The number of hydrogen-bond donors (Lipinski definition) is 3. The van der Waals surface area contributed by atoms with Gasteiger partial charge in [-0.2, -0.15) is 0 Å². The van der Waals surface area contributed by atoms with Crippen molar-refractivity contribution in [1.82, 2.24) is 15.2 Å². The van der Waals surface area contributed by atoms with Gasteiger partial charge in [-0.15, -0.1) is 0 Å². The molecule has 0 spiro atoms. The average molecular weight is 96.5 g/mol. The standard InChI is InChI=1S/B3H6N3O/c7-6-2-4-1-5-3-6/h1-5,7H. The van der Waals surface area contributed by atoms with Gasteiger partial charge in [-0.25, -0.2) is 4.89 Å². The minimum Gasteiger partial charge on any atom is -0.376 e. The zero-order valence-electron chi connectivity index (χ0n) is 4.02. The first-order chi connectivity index (χ1) is 3.39. The molecule has 0 saturated carbocycles. The Labute approximate surface area is 44.1 Å². The van der Waals surface area contributed by atoms with Crippen molar-refractivity contribution in [1.29, 1.82) is 0 Å². The lowest BCUT2D eigenvalue weighted by atomic mass is 9.84. The molecule has 0 unspecified atom stereocenters. The van der Waals surface area contributed by atoms with Crippen LogP contribution in [0, 0.1) is 0 Å². The lowest BCUT2D eigenvalue weighted by molar-refractivity contribution is 0.0880. The van der Waals surface area contributed by atoms with E-state index < -0.39 is 0 Å². The van der Waals surface area contributed by atoms with Crippen LogP contribution in [0.4, 0.5) is 0 Å². The molecule has 7 heteroatoms. The lowest BCUT2D eigenvalue weighted by Gasteiger charge is -2.17. The fourth-order valence-corrected chi connectivity index (χ4v) is 0.514. The number of nitrogens with one attached hydrogen (secondary N) is 2. The largest absolute Gasteiger partial charge is 0.376 e. The first-order valence-corrected chi connectivity index (χ1v) is 2.25. The summed E-state index contributed by atoms with van der Waals surface area (Å²) in [4.78, 5) is 1.17. The van der Waals surface area contributed by atoms with Gasteiger partial charge in [0.15, 0.2) is 0 Å². The second kappa shape index (κ2) is 2.37. The first-order valence-electron chi connectivity index (χ1n) is 2.25. The number of nitrogens with zero attached hydrogens (tertiary/aromatic N) is 1. The summed E-state index contributed by atoms with van der Waals surface area (Å²) in [5.41, 5.74) is 0. The minimum absolute atomic E-state index is 0.562. The molecule has 0 atom stereocenters. The van der Waals surface area contributed by atoms with E-state index in [2.05, 4.69) is 10.3 Å². The van der Waals surface area contributed by atoms with Crippen LogP contribution in [-0.2, 0) is 0 Å².